The van der Waals surface area contributed by atoms with Gasteiger partial charge in [-0.2, -0.15) is 0 Å². The minimum Gasteiger partial charge on any atom is -0.493 e. The van der Waals surface area contributed by atoms with Gasteiger partial charge in [0, 0.05) is 31.1 Å². The molecule has 200 valence electrons. The highest BCUT2D eigenvalue weighted by Gasteiger charge is 2.36. The predicted octanol–water partition coefficient (Wildman–Crippen LogP) is 3.73. The zero-order chi connectivity index (χ0) is 26.5. The molecule has 0 bridgehead atoms. The monoisotopic (exact) mass is 518 g/mol. The highest BCUT2D eigenvalue weighted by Crippen LogP contribution is 2.45. The van der Waals surface area contributed by atoms with E-state index in [0.717, 1.165) is 16.9 Å². The summed E-state index contributed by atoms with van der Waals surface area (Å²) >= 11 is 0. The number of rotatable bonds is 12. The van der Waals surface area contributed by atoms with Gasteiger partial charge in [-0.3, -0.25) is 9.78 Å². The van der Waals surface area contributed by atoms with Gasteiger partial charge in [0.1, 0.15) is 17.9 Å². The van der Waals surface area contributed by atoms with Gasteiger partial charge in [-0.1, -0.05) is 36.4 Å². The van der Waals surface area contributed by atoms with E-state index in [-0.39, 0.29) is 37.7 Å². The van der Waals surface area contributed by atoms with E-state index in [0.29, 0.717) is 30.5 Å². The maximum absolute atomic E-state index is 13.0. The van der Waals surface area contributed by atoms with Crippen molar-refractivity contribution in [2.24, 2.45) is 5.92 Å². The molecule has 2 heterocycles. The standard InChI is InChI=1S/C30H34N2O6/c1-36-28-14-23(9-10-27(28)38-29(22-7-8-22)21-5-3-2-4-6-21)24-15-32(16-24)30(35)26-13-20(11-12-31-26)18-37-19-25(34)17-33/h2-6,9-14,22,24-25,29,33-34H,7-8,15-19H2,1H3. The Kier molecular flexibility index (Phi) is 8.22. The van der Waals surface area contributed by atoms with Crippen LogP contribution in [-0.4, -0.2) is 65.5 Å². The van der Waals surface area contributed by atoms with Crippen molar-refractivity contribution >= 4 is 5.91 Å². The van der Waals surface area contributed by atoms with E-state index < -0.39 is 6.10 Å². The van der Waals surface area contributed by atoms with Crippen LogP contribution in [0.25, 0.3) is 0 Å². The molecule has 1 amide bonds. The fourth-order valence-corrected chi connectivity index (χ4v) is 4.71. The third kappa shape index (κ3) is 6.15. The lowest BCUT2D eigenvalue weighted by molar-refractivity contribution is -0.0000165. The Balaban J connectivity index is 1.19. The van der Waals surface area contributed by atoms with E-state index >= 15 is 0 Å². The van der Waals surface area contributed by atoms with Gasteiger partial charge in [-0.15, -0.1) is 0 Å². The second kappa shape index (κ2) is 11.9. The number of likely N-dealkylation sites (tertiary alicyclic amines) is 1. The van der Waals surface area contributed by atoms with Crippen molar-refractivity contribution in [1.82, 2.24) is 9.88 Å². The molecule has 1 aliphatic carbocycles. The Morgan fingerprint density at radius 2 is 1.87 bits per heavy atom. The Labute approximate surface area is 222 Å². The minimum atomic E-state index is -0.918. The summed E-state index contributed by atoms with van der Waals surface area (Å²) in [4.78, 5) is 19.0. The zero-order valence-corrected chi connectivity index (χ0v) is 21.5. The van der Waals surface area contributed by atoms with Crippen LogP contribution >= 0.6 is 0 Å². The number of carbonyl (C=O) groups is 1. The molecule has 2 atom stereocenters. The first-order valence-electron chi connectivity index (χ1n) is 13.1. The molecule has 1 aliphatic heterocycles. The van der Waals surface area contributed by atoms with Gasteiger partial charge in [-0.05, 0) is 53.8 Å². The van der Waals surface area contributed by atoms with E-state index in [9.17, 15) is 9.90 Å². The van der Waals surface area contributed by atoms with Crippen molar-refractivity contribution in [3.05, 3.63) is 89.2 Å². The number of amides is 1. The highest BCUT2D eigenvalue weighted by molar-refractivity contribution is 5.93. The largest absolute Gasteiger partial charge is 0.493 e. The summed E-state index contributed by atoms with van der Waals surface area (Å²) in [6.07, 6.45) is 3.02. The van der Waals surface area contributed by atoms with E-state index in [4.69, 9.17) is 19.3 Å². The number of methoxy groups -OCH3 is 1. The van der Waals surface area contributed by atoms with Gasteiger partial charge in [0.15, 0.2) is 11.5 Å². The third-order valence-electron chi connectivity index (χ3n) is 7.09. The number of hydrogen-bond donors (Lipinski definition) is 2. The molecule has 8 nitrogen and oxygen atoms in total. The summed E-state index contributed by atoms with van der Waals surface area (Å²) in [5.74, 6) is 2.05. The van der Waals surface area contributed by atoms with Gasteiger partial charge in [0.25, 0.3) is 5.91 Å². The van der Waals surface area contributed by atoms with Gasteiger partial charge >= 0.3 is 0 Å². The smallest absolute Gasteiger partial charge is 0.272 e. The van der Waals surface area contributed by atoms with Crippen molar-refractivity contribution in [2.75, 3.05) is 33.4 Å². The maximum Gasteiger partial charge on any atom is 0.272 e. The molecular formula is C30H34N2O6. The van der Waals surface area contributed by atoms with Crippen molar-refractivity contribution in [3.63, 3.8) is 0 Å². The molecule has 0 spiro atoms. The van der Waals surface area contributed by atoms with E-state index in [1.54, 1.807) is 30.3 Å². The Hall–Kier alpha value is -3.46. The van der Waals surface area contributed by atoms with Crippen LogP contribution in [0, 0.1) is 5.92 Å². The van der Waals surface area contributed by atoms with Crippen molar-refractivity contribution in [1.29, 1.82) is 0 Å². The first kappa shape index (κ1) is 26.2. The zero-order valence-electron chi connectivity index (χ0n) is 21.5. The van der Waals surface area contributed by atoms with Gasteiger partial charge in [0.2, 0.25) is 0 Å². The molecular weight excluding hydrogens is 484 g/mol. The lowest BCUT2D eigenvalue weighted by Gasteiger charge is -2.39. The summed E-state index contributed by atoms with van der Waals surface area (Å²) in [5, 5.41) is 18.3. The normalized spacial score (nSPS) is 17.0. The average molecular weight is 519 g/mol. The molecule has 5 rings (SSSR count). The quantitative estimate of drug-likeness (QED) is 0.377. The molecule has 2 fully saturated rings. The van der Waals surface area contributed by atoms with Crippen LogP contribution in [0.1, 0.15) is 52.0 Å². The number of hydrogen-bond acceptors (Lipinski definition) is 7. The highest BCUT2D eigenvalue weighted by atomic mass is 16.5. The molecule has 1 saturated carbocycles. The lowest BCUT2D eigenvalue weighted by atomic mass is 9.90. The number of aliphatic hydroxyl groups excluding tert-OH is 2. The molecule has 8 heteroatoms. The second-order valence-electron chi connectivity index (χ2n) is 10.0. The number of benzene rings is 2. The second-order valence-corrected chi connectivity index (χ2v) is 10.0. The first-order chi connectivity index (χ1) is 18.6. The van der Waals surface area contributed by atoms with Gasteiger partial charge in [-0.25, -0.2) is 0 Å². The predicted molar refractivity (Wildman–Crippen MR) is 141 cm³/mol. The molecule has 2 N–H and O–H groups in total. The van der Waals surface area contributed by atoms with E-state index in [1.807, 2.05) is 30.3 Å². The summed E-state index contributed by atoms with van der Waals surface area (Å²) in [6, 6.07) is 19.9. The number of carbonyl (C=O) groups excluding carboxylic acids is 1. The van der Waals surface area contributed by atoms with Crippen LogP contribution in [0.15, 0.2) is 66.9 Å². The molecule has 2 aliphatic rings. The summed E-state index contributed by atoms with van der Waals surface area (Å²) < 4.78 is 17.6. The lowest BCUT2D eigenvalue weighted by Crippen LogP contribution is -2.48. The Morgan fingerprint density at radius 3 is 2.58 bits per heavy atom. The topological polar surface area (TPSA) is 101 Å². The Morgan fingerprint density at radius 1 is 1.08 bits per heavy atom. The summed E-state index contributed by atoms with van der Waals surface area (Å²) in [7, 11) is 1.66. The molecule has 1 aromatic heterocycles. The van der Waals surface area contributed by atoms with Gasteiger partial charge < -0.3 is 29.3 Å². The molecule has 38 heavy (non-hydrogen) atoms. The number of ether oxygens (including phenoxy) is 3. The average Bonchev–Trinajstić information content (AvgIpc) is 3.77. The van der Waals surface area contributed by atoms with Crippen LogP contribution in [0.3, 0.4) is 0 Å². The van der Waals surface area contributed by atoms with Crippen LogP contribution in [0.5, 0.6) is 11.5 Å². The van der Waals surface area contributed by atoms with Crippen molar-refractivity contribution in [2.45, 2.75) is 37.6 Å². The van der Waals surface area contributed by atoms with E-state index in [1.165, 1.54) is 18.4 Å². The fourth-order valence-electron chi connectivity index (χ4n) is 4.71. The Bertz CT molecular complexity index is 1230. The fraction of sp³-hybridized carbons (Fsp3) is 0.400. The van der Waals surface area contributed by atoms with Crippen LogP contribution in [0.2, 0.25) is 0 Å². The van der Waals surface area contributed by atoms with Crippen LogP contribution in [0.4, 0.5) is 0 Å². The molecule has 2 aromatic carbocycles. The summed E-state index contributed by atoms with van der Waals surface area (Å²) in [6.45, 7) is 1.09. The van der Waals surface area contributed by atoms with Gasteiger partial charge in [0.05, 0.1) is 26.9 Å². The molecule has 2 unspecified atom stereocenters. The summed E-state index contributed by atoms with van der Waals surface area (Å²) in [5.41, 5.74) is 3.44. The number of aromatic nitrogens is 1. The SMILES string of the molecule is COc1cc(C2CN(C(=O)c3cc(COCC(O)CO)ccn3)C2)ccc1OC(c1ccccc1)C1CC1. The first-order valence-corrected chi connectivity index (χ1v) is 13.1. The maximum atomic E-state index is 13.0. The number of aliphatic hydroxyl groups is 2. The molecule has 3 aromatic rings. The number of pyridine rings is 1. The van der Waals surface area contributed by atoms with Crippen molar-refractivity contribution in [3.8, 4) is 11.5 Å². The van der Waals surface area contributed by atoms with Crippen LogP contribution in [-0.2, 0) is 11.3 Å². The molecule has 1 saturated heterocycles. The minimum absolute atomic E-state index is 0.0150. The van der Waals surface area contributed by atoms with E-state index in [2.05, 4.69) is 23.2 Å². The number of nitrogens with zero attached hydrogens (tertiary/aromatic N) is 2. The van der Waals surface area contributed by atoms with Crippen molar-refractivity contribution < 1.29 is 29.2 Å². The molecule has 0 radical (unpaired) electrons. The van der Waals surface area contributed by atoms with Crippen LogP contribution < -0.4 is 9.47 Å². The third-order valence-corrected chi connectivity index (χ3v) is 7.09.